The molecule has 20 heavy (non-hydrogen) atoms. The van der Waals surface area contributed by atoms with Crippen molar-refractivity contribution in [1.82, 2.24) is 5.32 Å². The van der Waals surface area contributed by atoms with Gasteiger partial charge >= 0.3 is 0 Å². The van der Waals surface area contributed by atoms with E-state index in [1.54, 1.807) is 0 Å². The van der Waals surface area contributed by atoms with Crippen LogP contribution in [0.25, 0.3) is 0 Å². The minimum Gasteiger partial charge on any atom is -0.316 e. The summed E-state index contributed by atoms with van der Waals surface area (Å²) in [7, 11) is 0. The molecule has 1 nitrogen and oxygen atoms in total. The van der Waals surface area contributed by atoms with Crippen molar-refractivity contribution in [2.75, 3.05) is 13.1 Å². The second-order valence-corrected chi connectivity index (χ2v) is 7.36. The van der Waals surface area contributed by atoms with Gasteiger partial charge < -0.3 is 5.32 Å². The molecule has 2 aliphatic carbocycles. The van der Waals surface area contributed by atoms with Crippen LogP contribution in [0.1, 0.15) is 44.6 Å². The molecule has 1 aromatic carbocycles. The summed E-state index contributed by atoms with van der Waals surface area (Å²) in [5, 5.41) is 4.56. The Morgan fingerprint density at radius 2 is 2.05 bits per heavy atom. The molecule has 2 bridgehead atoms. The van der Waals surface area contributed by atoms with Gasteiger partial charge in [-0.25, -0.2) is 0 Å². The molecule has 1 aromatic rings. The molecule has 2 fully saturated rings. The van der Waals surface area contributed by atoms with Crippen LogP contribution in [0.15, 0.2) is 24.3 Å². The Bertz CT molecular complexity index is 441. The van der Waals surface area contributed by atoms with Gasteiger partial charge in [-0.3, -0.25) is 0 Å². The first-order chi connectivity index (χ1) is 9.72. The Morgan fingerprint density at radius 3 is 2.65 bits per heavy atom. The van der Waals surface area contributed by atoms with Crippen LogP contribution >= 0.6 is 11.6 Å². The Morgan fingerprint density at radius 1 is 1.25 bits per heavy atom. The highest BCUT2D eigenvalue weighted by Gasteiger charge is 2.50. The van der Waals surface area contributed by atoms with Crippen LogP contribution < -0.4 is 5.32 Å². The summed E-state index contributed by atoms with van der Waals surface area (Å²) in [5.74, 6) is 1.93. The van der Waals surface area contributed by atoms with Crippen LogP contribution in [0.5, 0.6) is 0 Å². The number of nitrogens with one attached hydrogen (secondary N) is 1. The van der Waals surface area contributed by atoms with Crippen LogP contribution in [0.2, 0.25) is 5.02 Å². The molecule has 0 saturated heterocycles. The zero-order chi connectivity index (χ0) is 14.0. The van der Waals surface area contributed by atoms with Gasteiger partial charge in [-0.2, -0.15) is 0 Å². The van der Waals surface area contributed by atoms with Crippen molar-refractivity contribution in [1.29, 1.82) is 0 Å². The molecular weight excluding hydrogens is 266 g/mol. The van der Waals surface area contributed by atoms with Gasteiger partial charge in [0.1, 0.15) is 0 Å². The third-order valence-electron chi connectivity index (χ3n) is 5.48. The minimum atomic E-state index is 0.506. The molecule has 2 heteroatoms. The lowest BCUT2D eigenvalue weighted by atomic mass is 9.69. The van der Waals surface area contributed by atoms with Gasteiger partial charge in [0.25, 0.3) is 0 Å². The van der Waals surface area contributed by atoms with Gasteiger partial charge in [0.2, 0.25) is 0 Å². The van der Waals surface area contributed by atoms with Crippen molar-refractivity contribution in [3.05, 3.63) is 34.9 Å². The zero-order valence-corrected chi connectivity index (χ0v) is 13.3. The van der Waals surface area contributed by atoms with Crippen LogP contribution in [0, 0.1) is 17.3 Å². The van der Waals surface area contributed by atoms with Gasteiger partial charge in [0, 0.05) is 11.6 Å². The maximum atomic E-state index is 6.02. The standard InChI is InChI=1S/C18H26ClN/c1-2-9-20-13-18(12-15-3-6-16(18)10-15)11-14-4-7-17(19)8-5-14/h4-5,7-8,15-16,20H,2-3,6,9-13H2,1H3. The van der Waals surface area contributed by atoms with Crippen LogP contribution in [-0.2, 0) is 6.42 Å². The topological polar surface area (TPSA) is 12.0 Å². The molecule has 110 valence electrons. The van der Waals surface area contributed by atoms with E-state index in [1.165, 1.54) is 50.6 Å². The second-order valence-electron chi connectivity index (χ2n) is 6.92. The molecule has 0 radical (unpaired) electrons. The van der Waals surface area contributed by atoms with Crippen molar-refractivity contribution in [3.8, 4) is 0 Å². The van der Waals surface area contributed by atoms with Gasteiger partial charge in [-0.05, 0) is 73.6 Å². The van der Waals surface area contributed by atoms with Crippen molar-refractivity contribution in [2.45, 2.75) is 45.4 Å². The van der Waals surface area contributed by atoms with Crippen molar-refractivity contribution in [2.24, 2.45) is 17.3 Å². The first-order valence-corrected chi connectivity index (χ1v) is 8.55. The first kappa shape index (κ1) is 14.4. The van der Waals surface area contributed by atoms with Crippen LogP contribution in [-0.4, -0.2) is 13.1 Å². The molecule has 3 atom stereocenters. The maximum Gasteiger partial charge on any atom is 0.0406 e. The maximum absolute atomic E-state index is 6.02. The fraction of sp³-hybridized carbons (Fsp3) is 0.667. The average molecular weight is 292 g/mol. The van der Waals surface area contributed by atoms with Crippen LogP contribution in [0.4, 0.5) is 0 Å². The smallest absolute Gasteiger partial charge is 0.0406 e. The normalized spacial score (nSPS) is 31.9. The summed E-state index contributed by atoms with van der Waals surface area (Å²) < 4.78 is 0. The molecule has 0 aliphatic heterocycles. The molecule has 2 aliphatic rings. The number of halogens is 1. The van der Waals surface area contributed by atoms with Gasteiger partial charge in [-0.1, -0.05) is 37.1 Å². The highest BCUT2D eigenvalue weighted by Crippen LogP contribution is 2.57. The van der Waals surface area contributed by atoms with E-state index in [1.807, 2.05) is 12.1 Å². The van der Waals surface area contributed by atoms with E-state index in [4.69, 9.17) is 11.6 Å². The third-order valence-corrected chi connectivity index (χ3v) is 5.73. The molecule has 2 saturated carbocycles. The fourth-order valence-corrected chi connectivity index (χ4v) is 4.70. The number of hydrogen-bond acceptors (Lipinski definition) is 1. The molecule has 3 unspecified atom stereocenters. The van der Waals surface area contributed by atoms with E-state index in [-0.39, 0.29) is 0 Å². The largest absolute Gasteiger partial charge is 0.316 e. The summed E-state index contributed by atoms with van der Waals surface area (Å²) in [6.07, 6.45) is 8.28. The monoisotopic (exact) mass is 291 g/mol. The first-order valence-electron chi connectivity index (χ1n) is 8.17. The molecule has 3 rings (SSSR count). The molecule has 0 amide bonds. The van der Waals surface area contributed by atoms with E-state index < -0.39 is 0 Å². The van der Waals surface area contributed by atoms with Crippen LogP contribution in [0.3, 0.4) is 0 Å². The quantitative estimate of drug-likeness (QED) is 0.750. The SMILES string of the molecule is CCCNCC1(Cc2ccc(Cl)cc2)CC2CCC1C2. The Kier molecular flexibility index (Phi) is 4.37. The van der Waals surface area contributed by atoms with Crippen molar-refractivity contribution >= 4 is 11.6 Å². The summed E-state index contributed by atoms with van der Waals surface area (Å²) in [6, 6.07) is 8.51. The molecule has 0 spiro atoms. The third kappa shape index (κ3) is 2.89. The summed E-state index contributed by atoms with van der Waals surface area (Å²) in [6.45, 7) is 4.60. The van der Waals surface area contributed by atoms with E-state index in [0.29, 0.717) is 5.41 Å². The molecule has 0 aromatic heterocycles. The van der Waals surface area contributed by atoms with E-state index in [2.05, 4.69) is 24.4 Å². The number of hydrogen-bond donors (Lipinski definition) is 1. The second kappa shape index (κ2) is 6.07. The van der Waals surface area contributed by atoms with E-state index in [0.717, 1.165) is 23.4 Å². The van der Waals surface area contributed by atoms with Crippen molar-refractivity contribution in [3.63, 3.8) is 0 Å². The Balaban J connectivity index is 1.74. The van der Waals surface area contributed by atoms with Gasteiger partial charge in [0.05, 0.1) is 0 Å². The lowest BCUT2D eigenvalue weighted by molar-refractivity contribution is 0.156. The molecule has 1 N–H and O–H groups in total. The highest BCUT2D eigenvalue weighted by atomic mass is 35.5. The lowest BCUT2D eigenvalue weighted by Gasteiger charge is -2.38. The fourth-order valence-electron chi connectivity index (χ4n) is 4.58. The van der Waals surface area contributed by atoms with E-state index in [9.17, 15) is 0 Å². The lowest BCUT2D eigenvalue weighted by Crippen LogP contribution is -2.40. The van der Waals surface area contributed by atoms with Gasteiger partial charge in [0.15, 0.2) is 0 Å². The predicted octanol–water partition coefficient (Wildman–Crippen LogP) is 4.69. The van der Waals surface area contributed by atoms with E-state index >= 15 is 0 Å². The van der Waals surface area contributed by atoms with Crippen molar-refractivity contribution < 1.29 is 0 Å². The molecular formula is C18H26ClN. The summed E-state index contributed by atoms with van der Waals surface area (Å²) in [4.78, 5) is 0. The predicted molar refractivity (Wildman–Crippen MR) is 86.2 cm³/mol. The van der Waals surface area contributed by atoms with Gasteiger partial charge in [-0.15, -0.1) is 0 Å². The number of rotatable bonds is 6. The number of fused-ring (bicyclic) bond motifs is 2. The highest BCUT2D eigenvalue weighted by molar-refractivity contribution is 6.30. The average Bonchev–Trinajstić information content (AvgIpc) is 3.03. The Labute approximate surface area is 128 Å². The zero-order valence-electron chi connectivity index (χ0n) is 12.5. The molecule has 0 heterocycles. The Hall–Kier alpha value is -0.530. The summed E-state index contributed by atoms with van der Waals surface area (Å²) >= 11 is 6.02. The number of benzene rings is 1. The minimum absolute atomic E-state index is 0.506. The summed E-state index contributed by atoms with van der Waals surface area (Å²) in [5.41, 5.74) is 1.96.